The minimum Gasteiger partial charge on any atom is -0.423 e. The van der Waals surface area contributed by atoms with Crippen molar-refractivity contribution in [2.45, 2.75) is 0 Å². The third-order valence-corrected chi connectivity index (χ3v) is 3.48. The molecule has 0 radical (unpaired) electrons. The van der Waals surface area contributed by atoms with Gasteiger partial charge in [0.15, 0.2) is 0 Å². The molecular formula is C22H17NO2. The maximum atomic E-state index is 11.9. The number of rotatable bonds is 5. The van der Waals surface area contributed by atoms with Gasteiger partial charge in [-0.15, -0.1) is 0 Å². The van der Waals surface area contributed by atoms with E-state index in [4.69, 9.17) is 4.74 Å². The number of pyridine rings is 1. The lowest BCUT2D eigenvalue weighted by atomic mass is 10.1. The van der Waals surface area contributed by atoms with Crippen molar-refractivity contribution in [2.24, 2.45) is 0 Å². The average Bonchev–Trinajstić information content (AvgIpc) is 2.67. The molecule has 0 atom stereocenters. The molecule has 0 bridgehead atoms. The zero-order valence-corrected chi connectivity index (χ0v) is 13.6. The number of carbonyl (C=O) groups excluding carboxylic acids is 1. The van der Waals surface area contributed by atoms with Crippen LogP contribution in [-0.2, 0) is 4.79 Å². The second-order valence-electron chi connectivity index (χ2n) is 5.35. The van der Waals surface area contributed by atoms with E-state index in [1.807, 2.05) is 66.7 Å². The molecule has 1 heterocycles. The second kappa shape index (κ2) is 8.41. The molecule has 122 valence electrons. The summed E-state index contributed by atoms with van der Waals surface area (Å²) in [5.74, 6) is 0.118. The van der Waals surface area contributed by atoms with Gasteiger partial charge in [0.1, 0.15) is 5.75 Å². The van der Waals surface area contributed by atoms with E-state index >= 15 is 0 Å². The lowest BCUT2D eigenvalue weighted by Gasteiger charge is -2.02. The maximum absolute atomic E-state index is 11.9. The number of aromatic nitrogens is 1. The molecule has 2 aromatic carbocycles. The Morgan fingerprint density at radius 2 is 1.32 bits per heavy atom. The Bertz CT molecular complexity index is 867. The molecule has 0 aliphatic rings. The monoisotopic (exact) mass is 327 g/mol. The third-order valence-electron chi connectivity index (χ3n) is 3.48. The van der Waals surface area contributed by atoms with Crippen LogP contribution in [0.3, 0.4) is 0 Å². The van der Waals surface area contributed by atoms with Crippen LogP contribution in [-0.4, -0.2) is 11.0 Å². The summed E-state index contributed by atoms with van der Waals surface area (Å²) in [5.41, 5.74) is 3.06. The van der Waals surface area contributed by atoms with Crippen LogP contribution in [0, 0.1) is 0 Å². The standard InChI is InChI=1S/C22H17NO2/c24-22(13-10-18-4-2-1-3-5-18)25-21-11-8-19(9-12-21)6-7-20-14-16-23-17-15-20/h1-17H/b7-6+,13-10+. The number of hydrogen-bond donors (Lipinski definition) is 0. The van der Waals surface area contributed by atoms with Crippen molar-refractivity contribution in [2.75, 3.05) is 0 Å². The summed E-state index contributed by atoms with van der Waals surface area (Å²) in [6.07, 6.45) is 10.7. The molecule has 1 aromatic heterocycles. The van der Waals surface area contributed by atoms with Gasteiger partial charge in [-0.1, -0.05) is 54.6 Å². The normalized spacial score (nSPS) is 11.0. The van der Waals surface area contributed by atoms with Crippen molar-refractivity contribution in [1.29, 1.82) is 0 Å². The number of carbonyl (C=O) groups is 1. The first kappa shape index (κ1) is 16.4. The van der Waals surface area contributed by atoms with Crippen LogP contribution in [0.25, 0.3) is 18.2 Å². The Kier molecular flexibility index (Phi) is 5.52. The Morgan fingerprint density at radius 1 is 0.720 bits per heavy atom. The van der Waals surface area contributed by atoms with E-state index in [-0.39, 0.29) is 0 Å². The first-order valence-corrected chi connectivity index (χ1v) is 7.93. The minimum atomic E-state index is -0.399. The molecule has 0 N–H and O–H groups in total. The van der Waals surface area contributed by atoms with Gasteiger partial charge in [-0.25, -0.2) is 4.79 Å². The summed E-state index contributed by atoms with van der Waals surface area (Å²) >= 11 is 0. The van der Waals surface area contributed by atoms with Crippen LogP contribution < -0.4 is 4.74 Å². The van der Waals surface area contributed by atoms with Crippen LogP contribution in [0.5, 0.6) is 5.75 Å². The summed E-state index contributed by atoms with van der Waals surface area (Å²) < 4.78 is 5.30. The predicted molar refractivity (Wildman–Crippen MR) is 101 cm³/mol. The highest BCUT2D eigenvalue weighted by atomic mass is 16.5. The molecule has 0 aliphatic carbocycles. The smallest absolute Gasteiger partial charge is 0.336 e. The van der Waals surface area contributed by atoms with Gasteiger partial charge in [0.2, 0.25) is 0 Å². The topological polar surface area (TPSA) is 39.2 Å². The molecule has 0 saturated heterocycles. The van der Waals surface area contributed by atoms with Gasteiger partial charge in [-0.05, 0) is 47.0 Å². The Balaban J connectivity index is 1.58. The van der Waals surface area contributed by atoms with Crippen LogP contribution in [0.2, 0.25) is 0 Å². The van der Waals surface area contributed by atoms with Crippen LogP contribution in [0.4, 0.5) is 0 Å². The lowest BCUT2D eigenvalue weighted by molar-refractivity contribution is -0.128. The Labute approximate surface area is 146 Å². The van der Waals surface area contributed by atoms with Gasteiger partial charge < -0.3 is 4.74 Å². The molecule has 0 spiro atoms. The highest BCUT2D eigenvalue weighted by Crippen LogP contribution is 2.15. The van der Waals surface area contributed by atoms with Crippen molar-refractivity contribution in [3.63, 3.8) is 0 Å². The highest BCUT2D eigenvalue weighted by Gasteiger charge is 2.00. The first-order chi connectivity index (χ1) is 12.3. The summed E-state index contributed by atoms with van der Waals surface area (Å²) in [4.78, 5) is 15.8. The van der Waals surface area contributed by atoms with E-state index < -0.39 is 5.97 Å². The van der Waals surface area contributed by atoms with Gasteiger partial charge in [0.05, 0.1) is 0 Å². The number of benzene rings is 2. The summed E-state index contributed by atoms with van der Waals surface area (Å²) in [7, 11) is 0. The van der Waals surface area contributed by atoms with E-state index in [1.165, 1.54) is 6.08 Å². The van der Waals surface area contributed by atoms with Crippen molar-refractivity contribution < 1.29 is 9.53 Å². The molecule has 0 unspecified atom stereocenters. The van der Waals surface area contributed by atoms with Crippen LogP contribution >= 0.6 is 0 Å². The average molecular weight is 327 g/mol. The second-order valence-corrected chi connectivity index (χ2v) is 5.35. The van der Waals surface area contributed by atoms with E-state index in [9.17, 15) is 4.79 Å². The zero-order chi connectivity index (χ0) is 17.3. The van der Waals surface area contributed by atoms with Crippen LogP contribution in [0.1, 0.15) is 16.7 Å². The van der Waals surface area contributed by atoms with Crippen molar-refractivity contribution in [1.82, 2.24) is 4.98 Å². The van der Waals surface area contributed by atoms with Gasteiger partial charge in [0.25, 0.3) is 0 Å². The van der Waals surface area contributed by atoms with E-state index in [0.29, 0.717) is 5.75 Å². The number of esters is 1. The van der Waals surface area contributed by atoms with E-state index in [2.05, 4.69) is 4.98 Å². The van der Waals surface area contributed by atoms with E-state index in [0.717, 1.165) is 16.7 Å². The van der Waals surface area contributed by atoms with Gasteiger partial charge in [0, 0.05) is 18.5 Å². The van der Waals surface area contributed by atoms with Gasteiger partial charge in [-0.2, -0.15) is 0 Å². The van der Waals surface area contributed by atoms with Crippen molar-refractivity contribution >= 4 is 24.2 Å². The fourth-order valence-electron chi connectivity index (χ4n) is 2.19. The fraction of sp³-hybridized carbons (Fsp3) is 0. The quantitative estimate of drug-likeness (QED) is 0.381. The summed E-state index contributed by atoms with van der Waals surface area (Å²) in [6, 6.07) is 20.9. The minimum absolute atomic E-state index is 0.399. The lowest BCUT2D eigenvalue weighted by Crippen LogP contribution is -2.03. The molecule has 3 nitrogen and oxygen atoms in total. The molecule has 3 heteroatoms. The molecule has 3 aromatic rings. The predicted octanol–water partition coefficient (Wildman–Crippen LogP) is 4.87. The molecule has 3 rings (SSSR count). The Hall–Kier alpha value is -3.46. The van der Waals surface area contributed by atoms with Gasteiger partial charge in [-0.3, -0.25) is 4.98 Å². The molecule has 0 amide bonds. The third kappa shape index (κ3) is 5.29. The molecule has 0 aliphatic heterocycles. The maximum Gasteiger partial charge on any atom is 0.336 e. The fourth-order valence-corrected chi connectivity index (χ4v) is 2.19. The number of ether oxygens (including phenoxy) is 1. The molecule has 25 heavy (non-hydrogen) atoms. The summed E-state index contributed by atoms with van der Waals surface area (Å²) in [5, 5.41) is 0. The number of nitrogens with zero attached hydrogens (tertiary/aromatic N) is 1. The summed E-state index contributed by atoms with van der Waals surface area (Å²) in [6.45, 7) is 0. The highest BCUT2D eigenvalue weighted by molar-refractivity contribution is 5.88. The number of hydrogen-bond acceptors (Lipinski definition) is 3. The molecule has 0 saturated carbocycles. The largest absolute Gasteiger partial charge is 0.423 e. The molecular weight excluding hydrogens is 310 g/mol. The molecule has 0 fully saturated rings. The van der Waals surface area contributed by atoms with Crippen LogP contribution in [0.15, 0.2) is 85.2 Å². The van der Waals surface area contributed by atoms with Crippen molar-refractivity contribution in [3.05, 3.63) is 102 Å². The van der Waals surface area contributed by atoms with Crippen molar-refractivity contribution in [3.8, 4) is 5.75 Å². The Morgan fingerprint density at radius 3 is 2.00 bits per heavy atom. The SMILES string of the molecule is O=C(/C=C/c1ccccc1)Oc1ccc(/C=C/c2ccncc2)cc1. The van der Waals surface area contributed by atoms with E-state index in [1.54, 1.807) is 30.6 Å². The first-order valence-electron chi connectivity index (χ1n) is 7.93. The zero-order valence-electron chi connectivity index (χ0n) is 13.6. The van der Waals surface area contributed by atoms with Gasteiger partial charge >= 0.3 is 5.97 Å².